The predicted octanol–water partition coefficient (Wildman–Crippen LogP) is 6.60. The summed E-state index contributed by atoms with van der Waals surface area (Å²) in [5.74, 6) is -0.685. The van der Waals surface area contributed by atoms with Crippen molar-refractivity contribution in [1.29, 1.82) is 0 Å². The summed E-state index contributed by atoms with van der Waals surface area (Å²) in [6.07, 6.45) is 1.33. The zero-order valence-electron chi connectivity index (χ0n) is 31.0. The van der Waals surface area contributed by atoms with Gasteiger partial charge in [-0.3, -0.25) is 14.4 Å². The van der Waals surface area contributed by atoms with Crippen molar-refractivity contribution in [2.24, 2.45) is 5.92 Å². The third kappa shape index (κ3) is 6.97. The molecule has 2 aromatic carbocycles. The maximum atomic E-state index is 14.2. The predicted molar refractivity (Wildman–Crippen MR) is 207 cm³/mol. The quantitative estimate of drug-likeness (QED) is 0.139. The van der Waals surface area contributed by atoms with Crippen molar-refractivity contribution >= 4 is 40.1 Å². The number of aromatic nitrogens is 5. The Hall–Kier alpha value is -5.89. The van der Waals surface area contributed by atoms with E-state index in [1.807, 2.05) is 57.5 Å². The Morgan fingerprint density at radius 1 is 1.02 bits per heavy atom. The molecule has 13 nitrogen and oxygen atoms in total. The first kappa shape index (κ1) is 36.1. The summed E-state index contributed by atoms with van der Waals surface area (Å²) < 4.78 is 5.82. The lowest BCUT2D eigenvalue weighted by Gasteiger charge is -2.37. The molecular weight excluding hydrogens is 717 g/mol. The van der Waals surface area contributed by atoms with Gasteiger partial charge in [0, 0.05) is 42.6 Å². The lowest BCUT2D eigenvalue weighted by molar-refractivity contribution is -0.141. The van der Waals surface area contributed by atoms with E-state index in [0.717, 1.165) is 28.1 Å². The number of fused-ring (bicyclic) bond motifs is 1. The van der Waals surface area contributed by atoms with Crippen molar-refractivity contribution in [3.8, 4) is 27.4 Å². The molecule has 55 heavy (non-hydrogen) atoms. The number of phenolic OH excluding ortho intramolecular Hbond substituents is 1. The molecule has 1 unspecified atom stereocenters. The molecule has 2 saturated heterocycles. The molecular formula is C41H42N8O5S. The highest BCUT2D eigenvalue weighted by Gasteiger charge is 2.42. The van der Waals surface area contributed by atoms with Crippen molar-refractivity contribution in [1.82, 2.24) is 40.4 Å². The molecule has 3 atom stereocenters. The summed E-state index contributed by atoms with van der Waals surface area (Å²) in [7, 11) is 0. The number of para-hydroxylation sites is 1. The number of rotatable bonds is 10. The number of amides is 3. The van der Waals surface area contributed by atoms with E-state index in [0.29, 0.717) is 65.5 Å². The number of aromatic hydroxyl groups is 1. The number of phenols is 1. The standard InChI is InChI=1S/C41H42N8O5S/c1-22(2)36(41(53)49-15-7-9-33(49)39(51)43-23(3)25-11-13-26(14-12-25)37-24(4)42-21-55-37)35-18-30(47-54-35)28-19-48(20-28)40(52)32-17-27-16-31(45-46-38(27)44-32)29-8-5-6-10-34(29)50/h5-6,8,10-14,16-18,21-23,28,33,36,50H,7,9,15,19-20H2,1-4H3,(H,43,51)(H,44,46)/t23-,33-,36?/m0/s1. The highest BCUT2D eigenvalue weighted by atomic mass is 32.1. The number of hydrogen-bond donors (Lipinski definition) is 3. The Bertz CT molecular complexity index is 2380. The molecule has 6 aromatic rings. The van der Waals surface area contributed by atoms with Crippen LogP contribution in [0.3, 0.4) is 0 Å². The van der Waals surface area contributed by atoms with Crippen LogP contribution in [0.4, 0.5) is 0 Å². The second kappa shape index (κ2) is 14.7. The zero-order chi connectivity index (χ0) is 38.4. The molecule has 2 aliphatic rings. The van der Waals surface area contributed by atoms with E-state index in [2.05, 4.69) is 42.8 Å². The Labute approximate surface area is 321 Å². The summed E-state index contributed by atoms with van der Waals surface area (Å²) in [6.45, 7) is 9.26. The first-order valence-electron chi connectivity index (χ1n) is 18.6. The lowest BCUT2D eigenvalue weighted by atomic mass is 9.89. The minimum Gasteiger partial charge on any atom is -0.507 e. The van der Waals surface area contributed by atoms with Gasteiger partial charge in [0.05, 0.1) is 33.5 Å². The molecule has 0 spiro atoms. The van der Waals surface area contributed by atoms with Crippen molar-refractivity contribution in [3.05, 3.63) is 101 Å². The topological polar surface area (TPSA) is 170 Å². The number of benzene rings is 2. The summed E-state index contributed by atoms with van der Waals surface area (Å²) in [5, 5.41) is 26.9. The van der Waals surface area contributed by atoms with Gasteiger partial charge < -0.3 is 29.7 Å². The molecule has 3 amide bonds. The number of likely N-dealkylation sites (tertiary alicyclic amines) is 2. The maximum absolute atomic E-state index is 14.2. The average molecular weight is 759 g/mol. The number of aromatic amines is 1. The van der Waals surface area contributed by atoms with Gasteiger partial charge in [-0.25, -0.2) is 4.98 Å². The number of hydrogen-bond acceptors (Lipinski definition) is 10. The van der Waals surface area contributed by atoms with Crippen LogP contribution in [-0.2, 0) is 9.59 Å². The van der Waals surface area contributed by atoms with Crippen molar-refractivity contribution < 1.29 is 24.0 Å². The van der Waals surface area contributed by atoms with Crippen molar-refractivity contribution in [2.45, 2.75) is 64.5 Å². The zero-order valence-corrected chi connectivity index (χ0v) is 31.8. The molecule has 8 rings (SSSR count). The average Bonchev–Trinajstić information content (AvgIpc) is 3.98. The fraction of sp³-hybridized carbons (Fsp3) is 0.341. The second-order valence-electron chi connectivity index (χ2n) is 14.8. The van der Waals surface area contributed by atoms with Gasteiger partial charge >= 0.3 is 0 Å². The summed E-state index contributed by atoms with van der Waals surface area (Å²) in [6, 6.07) is 19.6. The van der Waals surface area contributed by atoms with Gasteiger partial charge in [0.1, 0.15) is 29.2 Å². The molecule has 282 valence electrons. The summed E-state index contributed by atoms with van der Waals surface area (Å²) >= 11 is 1.60. The van der Waals surface area contributed by atoms with Crippen molar-refractivity contribution in [2.75, 3.05) is 19.6 Å². The Balaban J connectivity index is 0.893. The normalized spacial score (nSPS) is 17.1. The SMILES string of the molecule is Cc1ncsc1-c1ccc([C@H](C)NC(=O)[C@@H]2CCCN2C(=O)C(c2cc(C3CN(C(=O)c4cc5cc(-c6ccccc6O)nnc5[nH]4)C3)no2)C(C)C)cc1. The van der Waals surface area contributed by atoms with Crippen LogP contribution in [0.1, 0.15) is 84.7 Å². The molecule has 2 aliphatic heterocycles. The summed E-state index contributed by atoms with van der Waals surface area (Å²) in [4.78, 5) is 53.2. The fourth-order valence-electron chi connectivity index (χ4n) is 7.63. The number of carbonyl (C=O) groups is 3. The smallest absolute Gasteiger partial charge is 0.270 e. The number of nitrogens with zero attached hydrogens (tertiary/aromatic N) is 6. The molecule has 0 saturated carbocycles. The number of H-pyrrole nitrogens is 1. The van der Waals surface area contributed by atoms with E-state index in [4.69, 9.17) is 4.52 Å². The fourth-order valence-corrected chi connectivity index (χ4v) is 8.44. The molecule has 14 heteroatoms. The van der Waals surface area contributed by atoms with Gasteiger partial charge in [-0.05, 0) is 68.0 Å². The molecule has 4 aromatic heterocycles. The van der Waals surface area contributed by atoms with Crippen LogP contribution >= 0.6 is 11.3 Å². The van der Waals surface area contributed by atoms with E-state index >= 15 is 0 Å². The first-order valence-corrected chi connectivity index (χ1v) is 19.5. The van der Waals surface area contributed by atoms with Crippen LogP contribution in [0.15, 0.2) is 76.8 Å². The third-order valence-corrected chi connectivity index (χ3v) is 11.8. The second-order valence-corrected chi connectivity index (χ2v) is 15.7. The molecule has 0 bridgehead atoms. The molecule has 0 radical (unpaired) electrons. The van der Waals surface area contributed by atoms with Crippen molar-refractivity contribution in [3.63, 3.8) is 0 Å². The van der Waals surface area contributed by atoms with Gasteiger partial charge in [-0.1, -0.05) is 55.4 Å². The lowest BCUT2D eigenvalue weighted by Crippen LogP contribution is -2.48. The van der Waals surface area contributed by atoms with Gasteiger partial charge in [0.2, 0.25) is 11.8 Å². The number of nitrogens with one attached hydrogen (secondary N) is 2. The Morgan fingerprint density at radius 2 is 1.80 bits per heavy atom. The van der Waals surface area contributed by atoms with Gasteiger partial charge in [-0.15, -0.1) is 21.5 Å². The van der Waals surface area contributed by atoms with Crippen LogP contribution in [0.2, 0.25) is 0 Å². The molecule has 0 aliphatic carbocycles. The van der Waals surface area contributed by atoms with Crippen LogP contribution < -0.4 is 5.32 Å². The van der Waals surface area contributed by atoms with Crippen LogP contribution in [-0.4, -0.2) is 83.6 Å². The largest absolute Gasteiger partial charge is 0.507 e. The Kier molecular flexibility index (Phi) is 9.68. The number of carbonyl (C=O) groups excluding carboxylic acids is 3. The third-order valence-electron chi connectivity index (χ3n) is 10.8. The van der Waals surface area contributed by atoms with E-state index in [-0.39, 0.29) is 41.3 Å². The van der Waals surface area contributed by atoms with E-state index < -0.39 is 12.0 Å². The van der Waals surface area contributed by atoms with Gasteiger partial charge in [-0.2, -0.15) is 0 Å². The van der Waals surface area contributed by atoms with Crippen LogP contribution in [0.25, 0.3) is 32.7 Å². The Morgan fingerprint density at radius 3 is 2.53 bits per heavy atom. The van der Waals surface area contributed by atoms with Crippen LogP contribution in [0.5, 0.6) is 5.75 Å². The maximum Gasteiger partial charge on any atom is 0.270 e. The minimum absolute atomic E-state index is 0.0481. The van der Waals surface area contributed by atoms with Gasteiger partial charge in [0.25, 0.3) is 5.91 Å². The molecule has 3 N–H and O–H groups in total. The molecule has 2 fully saturated rings. The number of aryl methyl sites for hydroxylation is 1. The van der Waals surface area contributed by atoms with E-state index in [1.165, 1.54) is 0 Å². The monoisotopic (exact) mass is 758 g/mol. The highest BCUT2D eigenvalue weighted by Crippen LogP contribution is 2.36. The van der Waals surface area contributed by atoms with E-state index in [1.54, 1.807) is 51.5 Å². The van der Waals surface area contributed by atoms with Crippen LogP contribution in [0, 0.1) is 12.8 Å². The van der Waals surface area contributed by atoms with Gasteiger partial charge in [0.15, 0.2) is 5.65 Å². The first-order chi connectivity index (χ1) is 26.5. The number of thiazole rings is 1. The minimum atomic E-state index is -0.609. The highest BCUT2D eigenvalue weighted by molar-refractivity contribution is 7.13. The summed E-state index contributed by atoms with van der Waals surface area (Å²) in [5.41, 5.74) is 7.53. The van der Waals surface area contributed by atoms with E-state index in [9.17, 15) is 19.5 Å². The molecule has 6 heterocycles.